The first-order valence-corrected chi connectivity index (χ1v) is 10.6. The van der Waals surface area contributed by atoms with Gasteiger partial charge in [0.05, 0.1) is 0 Å². The lowest BCUT2D eigenvalue weighted by atomic mass is 10.0. The summed E-state index contributed by atoms with van der Waals surface area (Å²) in [5.74, 6) is 1.41. The minimum Gasteiger partial charge on any atom is -0.461 e. The molecule has 0 spiro atoms. The van der Waals surface area contributed by atoms with Crippen LogP contribution in [0.4, 0.5) is 4.39 Å². The third kappa shape index (κ3) is 6.49. The van der Waals surface area contributed by atoms with Gasteiger partial charge in [-0.3, -0.25) is 4.79 Å². The van der Waals surface area contributed by atoms with Crippen LogP contribution in [0.2, 0.25) is 0 Å². The molecule has 0 bridgehead atoms. The Kier molecular flexibility index (Phi) is 7.09. The predicted octanol–water partition coefficient (Wildman–Crippen LogP) is 5.98. The topological polar surface area (TPSA) is 74.5 Å². The van der Waals surface area contributed by atoms with Gasteiger partial charge in [0.25, 0.3) is 0 Å². The fourth-order valence-corrected chi connectivity index (χ4v) is 3.21. The summed E-state index contributed by atoms with van der Waals surface area (Å²) >= 11 is 0. The number of halogens is 1. The van der Waals surface area contributed by atoms with Crippen molar-refractivity contribution >= 4 is 5.97 Å². The van der Waals surface area contributed by atoms with E-state index in [2.05, 4.69) is 10.2 Å². The SMILES string of the molecule is C[C@@H](CC(=O)OCc1ccccc1)Cc1nnc(-c2ccc(Oc3ccc(F)cc3)cc2)o1. The summed E-state index contributed by atoms with van der Waals surface area (Å²) in [7, 11) is 0. The molecule has 1 aromatic heterocycles. The fraction of sp³-hybridized carbons (Fsp3) is 0.192. The van der Waals surface area contributed by atoms with Gasteiger partial charge in [0.1, 0.15) is 23.9 Å². The van der Waals surface area contributed by atoms with Crippen LogP contribution in [0, 0.1) is 11.7 Å². The van der Waals surface area contributed by atoms with Gasteiger partial charge in [-0.2, -0.15) is 0 Å². The molecule has 0 N–H and O–H groups in total. The lowest BCUT2D eigenvalue weighted by Gasteiger charge is -2.09. The van der Waals surface area contributed by atoms with Crippen molar-refractivity contribution < 1.29 is 23.1 Å². The third-order valence-corrected chi connectivity index (χ3v) is 4.90. The number of hydrogen-bond donors (Lipinski definition) is 0. The van der Waals surface area contributed by atoms with Crippen molar-refractivity contribution in [3.63, 3.8) is 0 Å². The van der Waals surface area contributed by atoms with Gasteiger partial charge in [-0.15, -0.1) is 10.2 Å². The molecule has 33 heavy (non-hydrogen) atoms. The summed E-state index contributed by atoms with van der Waals surface area (Å²) < 4.78 is 29.8. The Hall–Kier alpha value is -4.00. The van der Waals surface area contributed by atoms with Gasteiger partial charge in [-0.25, -0.2) is 4.39 Å². The molecule has 0 fully saturated rings. The Balaban J connectivity index is 1.28. The van der Waals surface area contributed by atoms with Crippen molar-refractivity contribution in [2.75, 3.05) is 0 Å². The number of rotatable bonds is 9. The molecule has 0 aliphatic carbocycles. The van der Waals surface area contributed by atoms with E-state index in [1.165, 1.54) is 12.1 Å². The van der Waals surface area contributed by atoms with Crippen LogP contribution < -0.4 is 4.74 Å². The Morgan fingerprint density at radius 3 is 2.30 bits per heavy atom. The number of esters is 1. The monoisotopic (exact) mass is 446 g/mol. The van der Waals surface area contributed by atoms with Crippen molar-refractivity contribution in [3.8, 4) is 23.0 Å². The van der Waals surface area contributed by atoms with Crippen LogP contribution in [0.3, 0.4) is 0 Å². The second kappa shape index (κ2) is 10.5. The average molecular weight is 446 g/mol. The van der Waals surface area contributed by atoms with E-state index in [4.69, 9.17) is 13.9 Å². The summed E-state index contributed by atoms with van der Waals surface area (Å²) in [4.78, 5) is 12.1. The zero-order valence-corrected chi connectivity index (χ0v) is 18.1. The number of nitrogens with zero attached hydrogens (tertiary/aromatic N) is 2. The highest BCUT2D eigenvalue weighted by Gasteiger charge is 2.16. The Labute approximate surface area is 191 Å². The first kappa shape index (κ1) is 22.2. The lowest BCUT2D eigenvalue weighted by Crippen LogP contribution is -2.11. The van der Waals surface area contributed by atoms with Gasteiger partial charge >= 0.3 is 5.97 Å². The minimum atomic E-state index is -0.316. The second-order valence-electron chi connectivity index (χ2n) is 7.74. The van der Waals surface area contributed by atoms with E-state index in [1.807, 2.05) is 37.3 Å². The number of benzene rings is 3. The van der Waals surface area contributed by atoms with Crippen LogP contribution in [0.1, 0.15) is 24.8 Å². The van der Waals surface area contributed by atoms with Gasteiger partial charge in [0.2, 0.25) is 11.8 Å². The molecule has 0 unspecified atom stereocenters. The summed E-state index contributed by atoms with van der Waals surface area (Å²) in [6.45, 7) is 2.20. The molecule has 1 atom stereocenters. The first-order valence-electron chi connectivity index (χ1n) is 10.6. The van der Waals surface area contributed by atoms with Crippen LogP contribution in [0.25, 0.3) is 11.5 Å². The van der Waals surface area contributed by atoms with Crippen molar-refractivity contribution in [3.05, 3.63) is 96.1 Å². The average Bonchev–Trinajstić information content (AvgIpc) is 3.28. The lowest BCUT2D eigenvalue weighted by molar-refractivity contribution is -0.145. The van der Waals surface area contributed by atoms with Crippen molar-refractivity contribution in [2.24, 2.45) is 5.92 Å². The molecule has 6 nitrogen and oxygen atoms in total. The van der Waals surface area contributed by atoms with E-state index in [0.717, 1.165) is 11.1 Å². The Bertz CT molecular complexity index is 1180. The van der Waals surface area contributed by atoms with Crippen LogP contribution in [-0.2, 0) is 22.6 Å². The molecular weight excluding hydrogens is 423 g/mol. The van der Waals surface area contributed by atoms with Gasteiger partial charge in [0.15, 0.2) is 0 Å². The van der Waals surface area contributed by atoms with Crippen LogP contribution in [0.5, 0.6) is 11.5 Å². The number of carbonyl (C=O) groups is 1. The number of aromatic nitrogens is 2. The summed E-state index contributed by atoms with van der Waals surface area (Å²) in [6, 6.07) is 22.5. The largest absolute Gasteiger partial charge is 0.461 e. The van der Waals surface area contributed by atoms with Gasteiger partial charge in [-0.05, 0) is 60.0 Å². The molecule has 1 heterocycles. The van der Waals surface area contributed by atoms with Crippen LogP contribution >= 0.6 is 0 Å². The molecule has 0 aliphatic rings. The van der Waals surface area contributed by atoms with E-state index in [1.54, 1.807) is 36.4 Å². The molecule has 7 heteroatoms. The standard InChI is InChI=1S/C26H23FN2O4/c1-18(16-25(30)31-17-19-5-3-2-4-6-19)15-24-28-29-26(33-24)20-7-11-22(12-8-20)32-23-13-9-21(27)10-14-23/h2-14,18H,15-17H2,1H3/t18-/m1/s1. The van der Waals surface area contributed by atoms with Gasteiger partial charge < -0.3 is 13.9 Å². The fourth-order valence-electron chi connectivity index (χ4n) is 3.21. The Morgan fingerprint density at radius 2 is 1.61 bits per heavy atom. The van der Waals surface area contributed by atoms with Crippen LogP contribution in [-0.4, -0.2) is 16.2 Å². The number of hydrogen-bond acceptors (Lipinski definition) is 6. The molecule has 168 valence electrons. The molecule has 0 saturated heterocycles. The zero-order valence-electron chi connectivity index (χ0n) is 18.1. The van der Waals surface area contributed by atoms with Crippen molar-refractivity contribution in [2.45, 2.75) is 26.4 Å². The smallest absolute Gasteiger partial charge is 0.306 e. The molecule has 0 saturated carbocycles. The predicted molar refractivity (Wildman–Crippen MR) is 120 cm³/mol. The maximum Gasteiger partial charge on any atom is 0.306 e. The second-order valence-corrected chi connectivity index (χ2v) is 7.74. The van der Waals surface area contributed by atoms with E-state index in [0.29, 0.717) is 29.7 Å². The number of ether oxygens (including phenoxy) is 2. The normalized spacial score (nSPS) is 11.7. The molecule has 0 amide bonds. The van der Waals surface area contributed by atoms with Crippen LogP contribution in [0.15, 0.2) is 83.3 Å². The first-order chi connectivity index (χ1) is 16.0. The van der Waals surface area contributed by atoms with E-state index < -0.39 is 0 Å². The van der Waals surface area contributed by atoms with Gasteiger partial charge in [0, 0.05) is 18.4 Å². The highest BCUT2D eigenvalue weighted by molar-refractivity contribution is 5.69. The van der Waals surface area contributed by atoms with Crippen molar-refractivity contribution in [1.29, 1.82) is 0 Å². The molecule has 4 rings (SSSR count). The molecular formula is C26H23FN2O4. The maximum absolute atomic E-state index is 13.0. The van der Waals surface area contributed by atoms with E-state index in [9.17, 15) is 9.18 Å². The molecule has 0 radical (unpaired) electrons. The summed E-state index contributed by atoms with van der Waals surface area (Å²) in [6.07, 6.45) is 0.735. The highest BCUT2D eigenvalue weighted by Crippen LogP contribution is 2.26. The van der Waals surface area contributed by atoms with E-state index in [-0.39, 0.29) is 30.7 Å². The maximum atomic E-state index is 13.0. The zero-order chi connectivity index (χ0) is 23.0. The molecule has 4 aromatic rings. The summed E-state index contributed by atoms with van der Waals surface area (Å²) in [5.41, 5.74) is 1.70. The van der Waals surface area contributed by atoms with E-state index >= 15 is 0 Å². The quantitative estimate of drug-likeness (QED) is 0.295. The van der Waals surface area contributed by atoms with Gasteiger partial charge in [-0.1, -0.05) is 37.3 Å². The minimum absolute atomic E-state index is 0.00643. The Morgan fingerprint density at radius 1 is 0.939 bits per heavy atom. The van der Waals surface area contributed by atoms with Crippen molar-refractivity contribution in [1.82, 2.24) is 10.2 Å². The highest BCUT2D eigenvalue weighted by atomic mass is 19.1. The number of carbonyl (C=O) groups excluding carboxylic acids is 1. The summed E-state index contributed by atoms with van der Waals surface area (Å²) in [5, 5.41) is 8.20. The molecule has 0 aliphatic heterocycles. The third-order valence-electron chi connectivity index (χ3n) is 4.90. The molecule has 3 aromatic carbocycles.